The summed E-state index contributed by atoms with van der Waals surface area (Å²) in [4.78, 5) is 38.4. The van der Waals surface area contributed by atoms with E-state index in [0.29, 0.717) is 18.5 Å². The molecule has 7 nitrogen and oxygen atoms in total. The molecule has 0 saturated carbocycles. The average molecular weight is 327 g/mol. The molecule has 0 spiro atoms. The van der Waals surface area contributed by atoms with Crippen molar-refractivity contribution in [3.8, 4) is 11.1 Å². The Balaban J connectivity index is 2.07. The van der Waals surface area contributed by atoms with Gasteiger partial charge in [0, 0.05) is 25.4 Å². The highest BCUT2D eigenvalue weighted by molar-refractivity contribution is 5.81. The second kappa shape index (κ2) is 7.87. The summed E-state index contributed by atoms with van der Waals surface area (Å²) in [7, 11) is 1.61. The average Bonchev–Trinajstić information content (AvgIpc) is 2.59. The fraction of sp³-hybridized carbons (Fsp3) is 0.176. The number of pyridine rings is 1. The van der Waals surface area contributed by atoms with Crippen molar-refractivity contribution in [1.82, 2.24) is 15.2 Å². The Morgan fingerprint density at radius 2 is 2.04 bits per heavy atom. The number of hydrogen-bond acceptors (Lipinski definition) is 4. The third-order valence-corrected chi connectivity index (χ3v) is 3.40. The number of amides is 2. The highest BCUT2D eigenvalue weighted by atomic mass is 16.4. The van der Waals surface area contributed by atoms with Gasteiger partial charge in [-0.3, -0.25) is 14.6 Å². The summed E-state index contributed by atoms with van der Waals surface area (Å²) in [5, 5.41) is 10.6. The van der Waals surface area contributed by atoms with E-state index in [1.165, 1.54) is 4.90 Å². The van der Waals surface area contributed by atoms with Gasteiger partial charge in [0.1, 0.15) is 12.2 Å². The highest BCUT2D eigenvalue weighted by Crippen LogP contribution is 2.20. The van der Waals surface area contributed by atoms with Gasteiger partial charge in [0.2, 0.25) is 5.91 Å². The molecular formula is C17H17N3O4. The van der Waals surface area contributed by atoms with Crippen molar-refractivity contribution >= 4 is 18.3 Å². The molecule has 1 aromatic heterocycles. The third kappa shape index (κ3) is 4.64. The summed E-state index contributed by atoms with van der Waals surface area (Å²) in [6, 6.07) is 11.0. The maximum absolute atomic E-state index is 11.8. The molecule has 0 unspecified atom stereocenters. The van der Waals surface area contributed by atoms with Crippen molar-refractivity contribution in [3.63, 3.8) is 0 Å². The van der Waals surface area contributed by atoms with Gasteiger partial charge in [-0.2, -0.15) is 0 Å². The molecule has 0 radical (unpaired) electrons. The number of nitrogens with one attached hydrogen (secondary N) is 1. The Hall–Kier alpha value is -3.22. The van der Waals surface area contributed by atoms with E-state index in [0.717, 1.165) is 16.7 Å². The number of aldehydes is 1. The van der Waals surface area contributed by atoms with Crippen LogP contribution in [0.25, 0.3) is 11.1 Å². The summed E-state index contributed by atoms with van der Waals surface area (Å²) in [5.41, 5.74) is 3.05. The summed E-state index contributed by atoms with van der Waals surface area (Å²) < 4.78 is 0. The Bertz CT molecular complexity index is 744. The van der Waals surface area contributed by atoms with Gasteiger partial charge in [0.15, 0.2) is 6.29 Å². The second-order valence-electron chi connectivity index (χ2n) is 5.20. The molecule has 24 heavy (non-hydrogen) atoms. The smallest absolute Gasteiger partial charge is 0.405 e. The number of carbonyl (C=O) groups excluding carboxylic acids is 2. The van der Waals surface area contributed by atoms with Gasteiger partial charge in [-0.25, -0.2) is 4.79 Å². The van der Waals surface area contributed by atoms with E-state index < -0.39 is 6.09 Å². The lowest BCUT2D eigenvalue weighted by atomic mass is 10.0. The van der Waals surface area contributed by atoms with Gasteiger partial charge in [-0.05, 0) is 23.3 Å². The van der Waals surface area contributed by atoms with Crippen molar-refractivity contribution in [3.05, 3.63) is 53.9 Å². The van der Waals surface area contributed by atoms with E-state index in [-0.39, 0.29) is 12.5 Å². The topological polar surface area (TPSA) is 99.6 Å². The van der Waals surface area contributed by atoms with Crippen LogP contribution in [0.5, 0.6) is 0 Å². The predicted molar refractivity (Wildman–Crippen MR) is 87.6 cm³/mol. The zero-order chi connectivity index (χ0) is 17.5. The minimum absolute atomic E-state index is 0.261. The maximum Gasteiger partial charge on any atom is 0.405 e. The molecule has 0 aliphatic rings. The zero-order valence-corrected chi connectivity index (χ0v) is 13.1. The lowest BCUT2D eigenvalue weighted by Crippen LogP contribution is -2.37. The number of likely N-dealkylation sites (N-methyl/N-ethyl adjacent to an activating group) is 1. The van der Waals surface area contributed by atoms with Crippen LogP contribution in [-0.4, -0.2) is 46.9 Å². The molecular weight excluding hydrogens is 310 g/mol. The Kier molecular flexibility index (Phi) is 5.62. The summed E-state index contributed by atoms with van der Waals surface area (Å²) in [5.74, 6) is -0.320. The number of carboxylic acid groups (broad SMARTS) is 1. The monoisotopic (exact) mass is 327 g/mol. The first kappa shape index (κ1) is 17.1. The molecule has 2 aromatic rings. The van der Waals surface area contributed by atoms with E-state index in [2.05, 4.69) is 4.98 Å². The fourth-order valence-corrected chi connectivity index (χ4v) is 2.14. The Morgan fingerprint density at radius 3 is 2.67 bits per heavy atom. The molecule has 0 fully saturated rings. The van der Waals surface area contributed by atoms with Crippen LogP contribution in [0.3, 0.4) is 0 Å². The highest BCUT2D eigenvalue weighted by Gasteiger charge is 2.11. The predicted octanol–water partition coefficient (Wildman–Crippen LogP) is 1.79. The summed E-state index contributed by atoms with van der Waals surface area (Å²) in [6.07, 6.45) is 1.07. The lowest BCUT2D eigenvalue weighted by molar-refractivity contribution is -0.129. The Labute approximate surface area is 138 Å². The second-order valence-corrected chi connectivity index (χ2v) is 5.20. The van der Waals surface area contributed by atoms with Gasteiger partial charge >= 0.3 is 6.09 Å². The van der Waals surface area contributed by atoms with E-state index in [4.69, 9.17) is 5.11 Å². The van der Waals surface area contributed by atoms with Crippen LogP contribution in [0.1, 0.15) is 16.1 Å². The first-order valence-corrected chi connectivity index (χ1v) is 7.21. The molecule has 0 bridgehead atoms. The normalized spacial score (nSPS) is 10.0. The van der Waals surface area contributed by atoms with Crippen molar-refractivity contribution in [1.29, 1.82) is 0 Å². The number of hydrogen-bond donors (Lipinski definition) is 2. The minimum Gasteiger partial charge on any atom is -0.465 e. The van der Waals surface area contributed by atoms with Crippen molar-refractivity contribution in [2.45, 2.75) is 6.54 Å². The zero-order valence-electron chi connectivity index (χ0n) is 13.1. The summed E-state index contributed by atoms with van der Waals surface area (Å²) in [6.45, 7) is 0.0937. The van der Waals surface area contributed by atoms with Gasteiger partial charge in [-0.15, -0.1) is 0 Å². The van der Waals surface area contributed by atoms with Crippen LogP contribution in [0, 0.1) is 0 Å². The molecule has 1 aromatic carbocycles. The SMILES string of the molecule is CN(Cc1cccc(-c2ccc(C=O)nc2)c1)C(=O)CNC(=O)O. The molecule has 0 aliphatic carbocycles. The van der Waals surface area contributed by atoms with E-state index in [9.17, 15) is 14.4 Å². The quantitative estimate of drug-likeness (QED) is 0.788. The van der Waals surface area contributed by atoms with Crippen LogP contribution in [0.15, 0.2) is 42.6 Å². The lowest BCUT2D eigenvalue weighted by Gasteiger charge is -2.17. The minimum atomic E-state index is -1.23. The largest absolute Gasteiger partial charge is 0.465 e. The maximum atomic E-state index is 11.8. The molecule has 2 amide bonds. The Morgan fingerprint density at radius 1 is 1.25 bits per heavy atom. The van der Waals surface area contributed by atoms with Crippen molar-refractivity contribution in [2.24, 2.45) is 0 Å². The van der Waals surface area contributed by atoms with Crippen molar-refractivity contribution < 1.29 is 19.5 Å². The molecule has 7 heteroatoms. The van der Waals surface area contributed by atoms with E-state index >= 15 is 0 Å². The van der Waals surface area contributed by atoms with Crippen LogP contribution in [0.4, 0.5) is 4.79 Å². The number of rotatable bonds is 6. The van der Waals surface area contributed by atoms with E-state index in [1.54, 1.807) is 19.3 Å². The molecule has 0 aliphatic heterocycles. The van der Waals surface area contributed by atoms with Crippen LogP contribution in [-0.2, 0) is 11.3 Å². The van der Waals surface area contributed by atoms with Gasteiger partial charge < -0.3 is 15.3 Å². The number of benzene rings is 1. The molecule has 124 valence electrons. The molecule has 2 rings (SSSR count). The summed E-state index contributed by atoms with van der Waals surface area (Å²) >= 11 is 0. The van der Waals surface area contributed by atoms with E-state index in [1.807, 2.05) is 35.6 Å². The van der Waals surface area contributed by atoms with Gasteiger partial charge in [-0.1, -0.05) is 24.3 Å². The standard InChI is InChI=1S/C17H17N3O4/c1-20(16(22)9-19-17(23)24)10-12-3-2-4-13(7-12)14-5-6-15(11-21)18-8-14/h2-8,11,19H,9-10H2,1H3,(H,23,24). The number of nitrogens with zero attached hydrogens (tertiary/aromatic N) is 2. The molecule has 0 atom stereocenters. The van der Waals surface area contributed by atoms with Crippen molar-refractivity contribution in [2.75, 3.05) is 13.6 Å². The molecule has 2 N–H and O–H groups in total. The van der Waals surface area contributed by atoms with Crippen LogP contribution < -0.4 is 5.32 Å². The van der Waals surface area contributed by atoms with Crippen LogP contribution in [0.2, 0.25) is 0 Å². The van der Waals surface area contributed by atoms with Gasteiger partial charge in [0.25, 0.3) is 0 Å². The van der Waals surface area contributed by atoms with Crippen LogP contribution >= 0.6 is 0 Å². The first-order valence-electron chi connectivity index (χ1n) is 7.21. The molecule has 0 saturated heterocycles. The third-order valence-electron chi connectivity index (χ3n) is 3.40. The molecule has 1 heterocycles. The number of aromatic nitrogens is 1. The number of carbonyl (C=O) groups is 3. The van der Waals surface area contributed by atoms with Gasteiger partial charge in [0.05, 0.1) is 0 Å². The fourth-order valence-electron chi connectivity index (χ4n) is 2.14. The first-order chi connectivity index (χ1) is 11.5.